The molecule has 0 saturated heterocycles. The smallest absolute Gasteiger partial charge is 0.338 e. The number of pyridine rings is 2. The summed E-state index contributed by atoms with van der Waals surface area (Å²) in [5, 5.41) is 9.78. The molecule has 0 aliphatic carbocycles. The minimum absolute atomic E-state index is 0.329. The van der Waals surface area contributed by atoms with Crippen LogP contribution in [0, 0.1) is 5.82 Å². The fourth-order valence-electron chi connectivity index (χ4n) is 1.88. The van der Waals surface area contributed by atoms with Crippen LogP contribution in [-0.4, -0.2) is 21.0 Å². The summed E-state index contributed by atoms with van der Waals surface area (Å²) in [7, 11) is 0. The Kier molecular flexibility index (Phi) is 3.19. The van der Waals surface area contributed by atoms with Gasteiger partial charge in [0.15, 0.2) is 5.82 Å². The molecule has 0 radical (unpaired) electrons. The molecule has 0 bridgehead atoms. The fraction of sp³-hybridized carbons (Fsp3) is 0. The van der Waals surface area contributed by atoms with Crippen LogP contribution in [0.2, 0.25) is 0 Å². The van der Waals surface area contributed by atoms with Gasteiger partial charge in [-0.05, 0) is 24.3 Å². The standard InChI is InChI=1S/C15H9FN2O3/c16-13-11(15(19)20)5-7-18-14(13)21-10-4-3-9-2-1-6-17-12(9)8-10/h1-8H,(H,19,20). The topological polar surface area (TPSA) is 72.3 Å². The second-order valence-electron chi connectivity index (χ2n) is 4.24. The van der Waals surface area contributed by atoms with E-state index in [-0.39, 0.29) is 5.88 Å². The molecule has 0 saturated carbocycles. The third-order valence-electron chi connectivity index (χ3n) is 2.88. The molecule has 3 rings (SSSR count). The molecular weight excluding hydrogens is 275 g/mol. The molecule has 0 unspecified atom stereocenters. The lowest BCUT2D eigenvalue weighted by Gasteiger charge is -2.07. The number of halogens is 1. The van der Waals surface area contributed by atoms with E-state index in [0.717, 1.165) is 11.5 Å². The van der Waals surface area contributed by atoms with Crippen LogP contribution in [-0.2, 0) is 0 Å². The predicted molar refractivity (Wildman–Crippen MR) is 73.0 cm³/mol. The highest BCUT2D eigenvalue weighted by atomic mass is 19.1. The van der Waals surface area contributed by atoms with Crippen LogP contribution in [0.5, 0.6) is 11.6 Å². The predicted octanol–water partition coefficient (Wildman–Crippen LogP) is 3.26. The van der Waals surface area contributed by atoms with Crippen LogP contribution in [0.4, 0.5) is 4.39 Å². The van der Waals surface area contributed by atoms with Crippen LogP contribution in [0.15, 0.2) is 48.8 Å². The highest BCUT2D eigenvalue weighted by Gasteiger charge is 2.16. The zero-order chi connectivity index (χ0) is 14.8. The third kappa shape index (κ3) is 2.51. The Morgan fingerprint density at radius 2 is 2.00 bits per heavy atom. The zero-order valence-corrected chi connectivity index (χ0v) is 10.7. The van der Waals surface area contributed by atoms with Crippen LogP contribution in [0.3, 0.4) is 0 Å². The summed E-state index contributed by atoms with van der Waals surface area (Å²) in [6.07, 6.45) is 2.82. The molecule has 0 spiro atoms. The Bertz CT molecular complexity index is 836. The van der Waals surface area contributed by atoms with Gasteiger partial charge in [-0.3, -0.25) is 4.98 Å². The van der Waals surface area contributed by atoms with Gasteiger partial charge in [-0.2, -0.15) is 0 Å². The molecule has 0 atom stereocenters. The average Bonchev–Trinajstić information content (AvgIpc) is 2.49. The number of carboxylic acids is 1. The molecule has 2 heterocycles. The van der Waals surface area contributed by atoms with Crippen molar-refractivity contribution in [2.24, 2.45) is 0 Å². The number of nitrogens with zero attached hydrogens (tertiary/aromatic N) is 2. The van der Waals surface area contributed by atoms with E-state index >= 15 is 0 Å². The number of benzene rings is 1. The Morgan fingerprint density at radius 3 is 2.81 bits per heavy atom. The van der Waals surface area contributed by atoms with Gasteiger partial charge in [0.05, 0.1) is 5.52 Å². The van der Waals surface area contributed by atoms with E-state index in [1.54, 1.807) is 30.5 Å². The highest BCUT2D eigenvalue weighted by molar-refractivity contribution is 5.88. The van der Waals surface area contributed by atoms with Crippen LogP contribution in [0.25, 0.3) is 10.9 Å². The molecule has 0 amide bonds. The average molecular weight is 284 g/mol. The molecule has 1 N–H and O–H groups in total. The number of aromatic carboxylic acids is 1. The van der Waals surface area contributed by atoms with E-state index in [1.165, 1.54) is 6.20 Å². The molecule has 1 aromatic carbocycles. The van der Waals surface area contributed by atoms with Gasteiger partial charge in [0, 0.05) is 23.8 Å². The second-order valence-corrected chi connectivity index (χ2v) is 4.24. The number of carbonyl (C=O) groups is 1. The second kappa shape index (κ2) is 5.16. The molecule has 21 heavy (non-hydrogen) atoms. The van der Waals surface area contributed by atoms with E-state index in [9.17, 15) is 9.18 Å². The van der Waals surface area contributed by atoms with Gasteiger partial charge >= 0.3 is 5.97 Å². The van der Waals surface area contributed by atoms with Crippen molar-refractivity contribution in [1.82, 2.24) is 9.97 Å². The SMILES string of the molecule is O=C(O)c1ccnc(Oc2ccc3cccnc3c2)c1F. The maximum atomic E-state index is 13.9. The van der Waals surface area contributed by atoms with Crippen molar-refractivity contribution >= 4 is 16.9 Å². The Hall–Kier alpha value is -3.02. The first-order valence-electron chi connectivity index (χ1n) is 6.05. The number of rotatable bonds is 3. The first-order valence-corrected chi connectivity index (χ1v) is 6.05. The summed E-state index contributed by atoms with van der Waals surface area (Å²) >= 11 is 0. The van der Waals surface area contributed by atoms with E-state index in [0.29, 0.717) is 11.3 Å². The largest absolute Gasteiger partial charge is 0.478 e. The maximum Gasteiger partial charge on any atom is 0.338 e. The van der Waals surface area contributed by atoms with E-state index < -0.39 is 17.3 Å². The van der Waals surface area contributed by atoms with Crippen molar-refractivity contribution < 1.29 is 19.0 Å². The summed E-state index contributed by atoms with van der Waals surface area (Å²) in [6.45, 7) is 0. The summed E-state index contributed by atoms with van der Waals surface area (Å²) in [5.41, 5.74) is 0.198. The van der Waals surface area contributed by atoms with Gasteiger partial charge in [-0.15, -0.1) is 0 Å². The normalized spacial score (nSPS) is 10.5. The Balaban J connectivity index is 1.98. The lowest BCUT2D eigenvalue weighted by Crippen LogP contribution is -2.03. The Morgan fingerprint density at radius 1 is 1.14 bits per heavy atom. The number of hydrogen-bond acceptors (Lipinski definition) is 4. The molecule has 0 aliphatic rings. The molecule has 104 valence electrons. The highest BCUT2D eigenvalue weighted by Crippen LogP contribution is 2.26. The van der Waals surface area contributed by atoms with Gasteiger partial charge < -0.3 is 9.84 Å². The molecule has 0 fully saturated rings. The van der Waals surface area contributed by atoms with Crippen molar-refractivity contribution in [2.75, 3.05) is 0 Å². The van der Waals surface area contributed by atoms with Crippen molar-refractivity contribution in [3.05, 3.63) is 60.2 Å². The van der Waals surface area contributed by atoms with Crippen LogP contribution < -0.4 is 4.74 Å². The molecule has 5 nitrogen and oxygen atoms in total. The number of ether oxygens (including phenoxy) is 1. The fourth-order valence-corrected chi connectivity index (χ4v) is 1.88. The first-order chi connectivity index (χ1) is 10.1. The first kappa shape index (κ1) is 13.0. The molecular formula is C15H9FN2O3. The monoisotopic (exact) mass is 284 g/mol. The molecule has 2 aromatic heterocycles. The number of aromatic nitrogens is 2. The van der Waals surface area contributed by atoms with Gasteiger partial charge in [-0.25, -0.2) is 14.2 Å². The maximum absolute atomic E-state index is 13.9. The summed E-state index contributed by atoms with van der Waals surface area (Å²) < 4.78 is 19.3. The molecule has 6 heteroatoms. The van der Waals surface area contributed by atoms with E-state index in [4.69, 9.17) is 9.84 Å². The van der Waals surface area contributed by atoms with Crippen molar-refractivity contribution in [3.63, 3.8) is 0 Å². The quantitative estimate of drug-likeness (QED) is 0.799. The number of fused-ring (bicyclic) bond motifs is 1. The minimum atomic E-state index is -1.38. The van der Waals surface area contributed by atoms with Gasteiger partial charge in [0.25, 0.3) is 5.88 Å². The summed E-state index contributed by atoms with van der Waals surface area (Å²) in [5.74, 6) is -2.44. The van der Waals surface area contributed by atoms with Crippen molar-refractivity contribution in [1.29, 1.82) is 0 Å². The third-order valence-corrected chi connectivity index (χ3v) is 2.88. The summed E-state index contributed by atoms with van der Waals surface area (Å²) in [6, 6.07) is 9.81. The van der Waals surface area contributed by atoms with Gasteiger partial charge in [-0.1, -0.05) is 6.07 Å². The van der Waals surface area contributed by atoms with Crippen LogP contribution in [0.1, 0.15) is 10.4 Å². The lowest BCUT2D eigenvalue weighted by molar-refractivity contribution is 0.0690. The summed E-state index contributed by atoms with van der Waals surface area (Å²) in [4.78, 5) is 18.7. The molecule has 0 aliphatic heterocycles. The zero-order valence-electron chi connectivity index (χ0n) is 10.7. The van der Waals surface area contributed by atoms with E-state index in [2.05, 4.69) is 9.97 Å². The van der Waals surface area contributed by atoms with Gasteiger partial charge in [0.1, 0.15) is 11.3 Å². The lowest BCUT2D eigenvalue weighted by atomic mass is 10.2. The van der Waals surface area contributed by atoms with E-state index in [1.807, 2.05) is 6.07 Å². The van der Waals surface area contributed by atoms with Crippen molar-refractivity contribution in [3.8, 4) is 11.6 Å². The molecule has 3 aromatic rings. The van der Waals surface area contributed by atoms with Crippen LogP contribution >= 0.6 is 0 Å². The Labute approximate surface area is 118 Å². The van der Waals surface area contributed by atoms with Crippen molar-refractivity contribution in [2.45, 2.75) is 0 Å². The van der Waals surface area contributed by atoms with Gasteiger partial charge in [0.2, 0.25) is 0 Å². The minimum Gasteiger partial charge on any atom is -0.478 e. The number of carboxylic acid groups (broad SMARTS) is 1. The number of hydrogen-bond donors (Lipinski definition) is 1.